The van der Waals surface area contributed by atoms with E-state index >= 15 is 0 Å². The van der Waals surface area contributed by atoms with E-state index < -0.39 is 0 Å². The monoisotopic (exact) mass is 356 g/mol. The minimum Gasteiger partial charge on any atom is -0.368 e. The molecule has 3 N–H and O–H groups in total. The Bertz CT molecular complexity index is 1150. The SMILES string of the molecule is Nc1nc2c(c(-c3cccc4cccnc34)n1)CN(C(=O)NC1=CC=C1)C2. The summed E-state index contributed by atoms with van der Waals surface area (Å²) in [5.74, 6) is 0.198. The van der Waals surface area contributed by atoms with Crippen LogP contribution < -0.4 is 11.1 Å². The quantitative estimate of drug-likeness (QED) is 0.736. The summed E-state index contributed by atoms with van der Waals surface area (Å²) in [6.45, 7) is 0.826. The molecule has 3 aromatic rings. The van der Waals surface area contributed by atoms with Crippen LogP contribution in [0.4, 0.5) is 10.7 Å². The van der Waals surface area contributed by atoms with Gasteiger partial charge in [0, 0.05) is 28.4 Å². The lowest BCUT2D eigenvalue weighted by molar-refractivity contribution is 0.201. The number of para-hydroxylation sites is 1. The molecule has 0 fully saturated rings. The van der Waals surface area contributed by atoms with Crippen molar-refractivity contribution in [2.24, 2.45) is 0 Å². The van der Waals surface area contributed by atoms with Gasteiger partial charge in [-0.15, -0.1) is 0 Å². The number of nitrogen functional groups attached to an aromatic ring is 1. The van der Waals surface area contributed by atoms with Crippen molar-refractivity contribution in [1.82, 2.24) is 25.2 Å². The molecular formula is C20H16N6O. The van der Waals surface area contributed by atoms with Gasteiger partial charge in [0.05, 0.1) is 30.0 Å². The molecule has 2 aliphatic rings. The number of aromatic nitrogens is 3. The van der Waals surface area contributed by atoms with Gasteiger partial charge in [-0.25, -0.2) is 14.8 Å². The molecule has 0 radical (unpaired) electrons. The fourth-order valence-corrected chi connectivity index (χ4v) is 3.41. The second-order valence-electron chi connectivity index (χ2n) is 6.50. The molecule has 0 spiro atoms. The molecule has 27 heavy (non-hydrogen) atoms. The number of nitrogens with two attached hydrogens (primary N) is 1. The standard InChI is InChI=1S/C20H16N6O/c21-19-24-16-11-26(20(27)23-13-6-2-7-13)10-15(16)18(25-19)14-8-1-4-12-5-3-9-22-17(12)14/h1-9H,10-11H2,(H,23,27)(H2,21,24,25). The number of carbonyl (C=O) groups excluding carboxylic acids is 1. The van der Waals surface area contributed by atoms with Crippen LogP contribution in [0.2, 0.25) is 0 Å². The molecule has 1 aromatic carbocycles. The van der Waals surface area contributed by atoms with Crippen LogP contribution in [0.3, 0.4) is 0 Å². The van der Waals surface area contributed by atoms with Crippen molar-refractivity contribution < 1.29 is 4.79 Å². The molecule has 0 saturated carbocycles. The Morgan fingerprint density at radius 2 is 2.00 bits per heavy atom. The predicted molar refractivity (Wildman–Crippen MR) is 102 cm³/mol. The van der Waals surface area contributed by atoms with Crippen molar-refractivity contribution in [3.63, 3.8) is 0 Å². The second kappa shape index (κ2) is 5.91. The zero-order chi connectivity index (χ0) is 18.4. The molecule has 2 amide bonds. The minimum absolute atomic E-state index is 0.163. The molecule has 0 atom stereocenters. The van der Waals surface area contributed by atoms with E-state index in [-0.39, 0.29) is 12.0 Å². The van der Waals surface area contributed by atoms with Crippen molar-refractivity contribution in [1.29, 1.82) is 0 Å². The summed E-state index contributed by atoms with van der Waals surface area (Å²) < 4.78 is 0. The van der Waals surface area contributed by atoms with Crippen LogP contribution in [0, 0.1) is 0 Å². The molecule has 7 nitrogen and oxygen atoms in total. The Kier molecular flexibility index (Phi) is 3.39. The summed E-state index contributed by atoms with van der Waals surface area (Å²) >= 11 is 0. The van der Waals surface area contributed by atoms with Crippen molar-refractivity contribution in [2.75, 3.05) is 5.73 Å². The van der Waals surface area contributed by atoms with E-state index in [1.54, 1.807) is 11.1 Å². The van der Waals surface area contributed by atoms with Gasteiger partial charge in [0.2, 0.25) is 5.95 Å². The summed E-state index contributed by atoms with van der Waals surface area (Å²) in [4.78, 5) is 27.6. The van der Waals surface area contributed by atoms with Gasteiger partial charge in [0.1, 0.15) is 0 Å². The molecule has 0 unspecified atom stereocenters. The molecule has 2 aromatic heterocycles. The first-order chi connectivity index (χ1) is 13.2. The van der Waals surface area contributed by atoms with Crippen LogP contribution in [0.5, 0.6) is 0 Å². The summed E-state index contributed by atoms with van der Waals surface area (Å²) in [5, 5.41) is 3.89. The van der Waals surface area contributed by atoms with Gasteiger partial charge in [-0.2, -0.15) is 0 Å². The van der Waals surface area contributed by atoms with Gasteiger partial charge in [-0.1, -0.05) is 30.3 Å². The van der Waals surface area contributed by atoms with Crippen LogP contribution in [-0.4, -0.2) is 25.9 Å². The predicted octanol–water partition coefficient (Wildman–Crippen LogP) is 2.75. The van der Waals surface area contributed by atoms with Gasteiger partial charge in [-0.05, 0) is 18.2 Å². The number of fused-ring (bicyclic) bond motifs is 2. The fourth-order valence-electron chi connectivity index (χ4n) is 3.41. The van der Waals surface area contributed by atoms with Gasteiger partial charge in [0.15, 0.2) is 0 Å². The zero-order valence-electron chi connectivity index (χ0n) is 14.4. The van der Waals surface area contributed by atoms with Crippen LogP contribution in [0.15, 0.2) is 60.5 Å². The number of amides is 2. The van der Waals surface area contributed by atoms with Crippen molar-refractivity contribution in [3.05, 3.63) is 71.7 Å². The third-order valence-corrected chi connectivity index (χ3v) is 4.78. The molecule has 7 heteroatoms. The lowest BCUT2D eigenvalue weighted by Gasteiger charge is -2.18. The number of carbonyl (C=O) groups is 1. The number of urea groups is 1. The molecule has 1 aliphatic heterocycles. The average Bonchev–Trinajstić information content (AvgIpc) is 3.07. The normalized spacial score (nSPS) is 14.7. The summed E-state index contributed by atoms with van der Waals surface area (Å²) in [6, 6.07) is 9.71. The van der Waals surface area contributed by atoms with Gasteiger partial charge < -0.3 is 16.0 Å². The molecule has 0 bridgehead atoms. The third kappa shape index (κ3) is 2.60. The highest BCUT2D eigenvalue weighted by Crippen LogP contribution is 2.34. The van der Waals surface area contributed by atoms with E-state index in [4.69, 9.17) is 5.73 Å². The van der Waals surface area contributed by atoms with Crippen molar-refractivity contribution >= 4 is 22.9 Å². The molecule has 3 heterocycles. The Labute approximate surface area is 155 Å². The highest BCUT2D eigenvalue weighted by atomic mass is 16.2. The Morgan fingerprint density at radius 1 is 1.15 bits per heavy atom. The number of pyridine rings is 1. The molecular weight excluding hydrogens is 340 g/mol. The smallest absolute Gasteiger partial charge is 0.322 e. The Morgan fingerprint density at radius 3 is 2.81 bits per heavy atom. The maximum absolute atomic E-state index is 12.5. The molecule has 132 valence electrons. The minimum atomic E-state index is -0.163. The van der Waals surface area contributed by atoms with Crippen LogP contribution in [0.25, 0.3) is 22.2 Å². The number of hydrogen-bond donors (Lipinski definition) is 2. The first kappa shape index (κ1) is 15.5. The Hall–Kier alpha value is -3.74. The highest BCUT2D eigenvalue weighted by molar-refractivity contribution is 5.93. The van der Waals surface area contributed by atoms with E-state index in [1.807, 2.05) is 48.6 Å². The van der Waals surface area contributed by atoms with Crippen LogP contribution in [-0.2, 0) is 13.1 Å². The first-order valence-corrected chi connectivity index (χ1v) is 8.63. The van der Waals surface area contributed by atoms with Crippen LogP contribution in [0.1, 0.15) is 11.3 Å². The van der Waals surface area contributed by atoms with Crippen molar-refractivity contribution in [2.45, 2.75) is 13.1 Å². The summed E-state index contributed by atoms with van der Waals surface area (Å²) in [6.07, 6.45) is 7.35. The van der Waals surface area contributed by atoms with Gasteiger partial charge in [0.25, 0.3) is 0 Å². The van der Waals surface area contributed by atoms with Crippen LogP contribution >= 0.6 is 0 Å². The van der Waals surface area contributed by atoms with Crippen molar-refractivity contribution in [3.8, 4) is 11.3 Å². The van der Waals surface area contributed by atoms with E-state index in [0.717, 1.165) is 39.1 Å². The average molecular weight is 356 g/mol. The maximum atomic E-state index is 12.5. The van der Waals surface area contributed by atoms with E-state index in [1.165, 1.54) is 0 Å². The second-order valence-corrected chi connectivity index (χ2v) is 6.50. The third-order valence-electron chi connectivity index (χ3n) is 4.78. The number of allylic oxidation sites excluding steroid dienone is 3. The maximum Gasteiger partial charge on any atom is 0.322 e. The number of benzene rings is 1. The molecule has 5 rings (SSSR count). The number of nitrogens with zero attached hydrogens (tertiary/aromatic N) is 4. The lowest BCUT2D eigenvalue weighted by atomic mass is 10.0. The fraction of sp³-hybridized carbons (Fsp3) is 0.100. The van der Waals surface area contributed by atoms with E-state index in [2.05, 4.69) is 20.3 Å². The number of rotatable bonds is 2. The zero-order valence-corrected chi connectivity index (χ0v) is 14.4. The summed E-state index contributed by atoms with van der Waals surface area (Å²) in [7, 11) is 0. The highest BCUT2D eigenvalue weighted by Gasteiger charge is 2.29. The Balaban J connectivity index is 1.56. The lowest BCUT2D eigenvalue weighted by Crippen LogP contribution is -2.36. The first-order valence-electron chi connectivity index (χ1n) is 8.63. The largest absolute Gasteiger partial charge is 0.368 e. The van der Waals surface area contributed by atoms with E-state index in [9.17, 15) is 4.79 Å². The number of nitrogens with one attached hydrogen (secondary N) is 1. The van der Waals surface area contributed by atoms with E-state index in [0.29, 0.717) is 13.1 Å². The molecule has 0 saturated heterocycles. The molecule has 1 aliphatic carbocycles. The number of anilines is 1. The van der Waals surface area contributed by atoms with Gasteiger partial charge >= 0.3 is 6.03 Å². The topological polar surface area (TPSA) is 97.0 Å². The summed E-state index contributed by atoms with van der Waals surface area (Å²) in [5.41, 5.74) is 10.9. The number of hydrogen-bond acceptors (Lipinski definition) is 5. The van der Waals surface area contributed by atoms with Gasteiger partial charge in [-0.3, -0.25) is 4.98 Å².